The van der Waals surface area contributed by atoms with Crippen molar-refractivity contribution in [3.8, 4) is 10.6 Å². The molecule has 0 bridgehead atoms. The van der Waals surface area contributed by atoms with Gasteiger partial charge in [0.1, 0.15) is 5.01 Å². The van der Waals surface area contributed by atoms with Crippen LogP contribution in [0, 0.1) is 6.92 Å². The summed E-state index contributed by atoms with van der Waals surface area (Å²) in [5.74, 6) is 0. The topological polar surface area (TPSA) is 54.7 Å². The van der Waals surface area contributed by atoms with Crippen LogP contribution in [0.5, 0.6) is 0 Å². The SMILES string of the molecule is Cc1nc(-c2cc[nH]c2)sc1CC(C)N. The normalized spacial score (nSPS) is 13.0. The van der Waals surface area contributed by atoms with Gasteiger partial charge in [-0.25, -0.2) is 4.98 Å². The van der Waals surface area contributed by atoms with Crippen LogP contribution in [0.15, 0.2) is 18.5 Å². The number of aryl methyl sites for hydroxylation is 1. The quantitative estimate of drug-likeness (QED) is 0.835. The van der Waals surface area contributed by atoms with Crippen LogP contribution in [0.1, 0.15) is 17.5 Å². The second-order valence-electron chi connectivity index (χ2n) is 3.81. The highest BCUT2D eigenvalue weighted by Crippen LogP contribution is 2.28. The van der Waals surface area contributed by atoms with Gasteiger partial charge in [-0.15, -0.1) is 11.3 Å². The van der Waals surface area contributed by atoms with Gasteiger partial charge in [0.15, 0.2) is 0 Å². The third kappa shape index (κ3) is 2.27. The zero-order valence-corrected chi connectivity index (χ0v) is 9.77. The van der Waals surface area contributed by atoms with E-state index in [0.29, 0.717) is 0 Å². The maximum absolute atomic E-state index is 5.79. The van der Waals surface area contributed by atoms with E-state index in [9.17, 15) is 0 Å². The van der Waals surface area contributed by atoms with E-state index in [4.69, 9.17) is 5.73 Å². The molecule has 0 amide bonds. The number of rotatable bonds is 3. The molecule has 0 saturated heterocycles. The maximum Gasteiger partial charge on any atom is 0.125 e. The summed E-state index contributed by atoms with van der Waals surface area (Å²) in [6.07, 6.45) is 4.79. The van der Waals surface area contributed by atoms with E-state index < -0.39 is 0 Å². The van der Waals surface area contributed by atoms with E-state index in [0.717, 1.165) is 22.7 Å². The lowest BCUT2D eigenvalue weighted by Crippen LogP contribution is -2.17. The van der Waals surface area contributed by atoms with E-state index in [1.165, 1.54) is 4.88 Å². The van der Waals surface area contributed by atoms with Crippen molar-refractivity contribution in [2.45, 2.75) is 26.3 Å². The first-order chi connectivity index (χ1) is 7.16. The van der Waals surface area contributed by atoms with Crippen molar-refractivity contribution in [3.05, 3.63) is 29.0 Å². The minimum absolute atomic E-state index is 0.197. The van der Waals surface area contributed by atoms with Crippen LogP contribution in [0.2, 0.25) is 0 Å². The lowest BCUT2D eigenvalue weighted by molar-refractivity contribution is 0.742. The summed E-state index contributed by atoms with van der Waals surface area (Å²) in [4.78, 5) is 8.88. The number of hydrogen-bond acceptors (Lipinski definition) is 3. The average molecular weight is 221 g/mol. The van der Waals surface area contributed by atoms with Gasteiger partial charge in [0.05, 0.1) is 5.69 Å². The Bertz CT molecular complexity index is 429. The lowest BCUT2D eigenvalue weighted by atomic mass is 10.2. The third-order valence-electron chi connectivity index (χ3n) is 2.24. The molecule has 0 saturated carbocycles. The molecule has 4 heteroatoms. The van der Waals surface area contributed by atoms with Gasteiger partial charge in [0.2, 0.25) is 0 Å². The van der Waals surface area contributed by atoms with Gasteiger partial charge in [-0.05, 0) is 26.3 Å². The first-order valence-electron chi connectivity index (χ1n) is 5.02. The highest BCUT2D eigenvalue weighted by Gasteiger charge is 2.10. The van der Waals surface area contributed by atoms with Gasteiger partial charge in [-0.2, -0.15) is 0 Å². The highest BCUT2D eigenvalue weighted by atomic mass is 32.1. The van der Waals surface area contributed by atoms with Crippen molar-refractivity contribution in [3.63, 3.8) is 0 Å². The number of nitrogens with zero attached hydrogens (tertiary/aromatic N) is 1. The largest absolute Gasteiger partial charge is 0.367 e. The predicted octanol–water partition coefficient (Wildman–Crippen LogP) is 2.34. The Labute approximate surface area is 93.4 Å². The van der Waals surface area contributed by atoms with E-state index >= 15 is 0 Å². The zero-order chi connectivity index (χ0) is 10.8. The lowest BCUT2D eigenvalue weighted by Gasteiger charge is -2.01. The molecule has 0 aliphatic rings. The summed E-state index contributed by atoms with van der Waals surface area (Å²) in [5, 5.41) is 1.07. The van der Waals surface area contributed by atoms with Crippen molar-refractivity contribution in [2.75, 3.05) is 0 Å². The molecular formula is C11H15N3S. The maximum atomic E-state index is 5.79. The molecule has 3 nitrogen and oxygen atoms in total. The molecule has 2 aromatic rings. The number of aromatic amines is 1. The van der Waals surface area contributed by atoms with Gasteiger partial charge < -0.3 is 10.7 Å². The molecule has 15 heavy (non-hydrogen) atoms. The molecule has 0 aliphatic carbocycles. The van der Waals surface area contributed by atoms with Gasteiger partial charge in [-0.1, -0.05) is 0 Å². The Morgan fingerprint density at radius 2 is 2.40 bits per heavy atom. The van der Waals surface area contributed by atoms with Crippen LogP contribution in [0.4, 0.5) is 0 Å². The van der Waals surface area contributed by atoms with Crippen molar-refractivity contribution in [1.29, 1.82) is 0 Å². The van der Waals surface area contributed by atoms with Crippen molar-refractivity contribution >= 4 is 11.3 Å². The summed E-state index contributed by atoms with van der Waals surface area (Å²) in [6.45, 7) is 4.07. The van der Waals surface area contributed by atoms with Gasteiger partial charge in [0.25, 0.3) is 0 Å². The van der Waals surface area contributed by atoms with Crippen LogP contribution in [-0.2, 0) is 6.42 Å². The molecule has 1 atom stereocenters. The number of thiazole rings is 1. The minimum atomic E-state index is 0.197. The van der Waals surface area contributed by atoms with E-state index in [1.807, 2.05) is 32.3 Å². The Hall–Kier alpha value is -1.13. The molecule has 80 valence electrons. The Morgan fingerprint density at radius 1 is 1.60 bits per heavy atom. The molecule has 0 radical (unpaired) electrons. The zero-order valence-electron chi connectivity index (χ0n) is 8.95. The number of H-pyrrole nitrogens is 1. The van der Waals surface area contributed by atoms with Crippen molar-refractivity contribution in [1.82, 2.24) is 9.97 Å². The summed E-state index contributed by atoms with van der Waals surface area (Å²) in [5.41, 5.74) is 8.05. The monoisotopic (exact) mass is 221 g/mol. The van der Waals surface area contributed by atoms with E-state index in [2.05, 4.69) is 9.97 Å². The van der Waals surface area contributed by atoms with E-state index in [1.54, 1.807) is 11.3 Å². The molecule has 0 aromatic carbocycles. The summed E-state index contributed by atoms with van der Waals surface area (Å²) in [7, 11) is 0. The molecule has 2 heterocycles. The van der Waals surface area contributed by atoms with Crippen LogP contribution >= 0.6 is 11.3 Å². The fourth-order valence-corrected chi connectivity index (χ4v) is 2.69. The van der Waals surface area contributed by atoms with Crippen molar-refractivity contribution < 1.29 is 0 Å². The molecule has 1 unspecified atom stereocenters. The Morgan fingerprint density at radius 3 is 3.00 bits per heavy atom. The molecule has 2 aromatic heterocycles. The summed E-state index contributed by atoms with van der Waals surface area (Å²) in [6, 6.07) is 2.23. The second kappa shape index (κ2) is 4.16. The van der Waals surface area contributed by atoms with Gasteiger partial charge in [0, 0.05) is 28.9 Å². The third-order valence-corrected chi connectivity index (χ3v) is 3.47. The molecular weight excluding hydrogens is 206 g/mol. The molecule has 3 N–H and O–H groups in total. The van der Waals surface area contributed by atoms with Crippen LogP contribution < -0.4 is 5.73 Å². The van der Waals surface area contributed by atoms with Crippen LogP contribution in [-0.4, -0.2) is 16.0 Å². The highest BCUT2D eigenvalue weighted by molar-refractivity contribution is 7.15. The minimum Gasteiger partial charge on any atom is -0.367 e. The molecule has 0 aliphatic heterocycles. The van der Waals surface area contributed by atoms with E-state index in [-0.39, 0.29) is 6.04 Å². The predicted molar refractivity (Wildman–Crippen MR) is 64.0 cm³/mol. The number of hydrogen-bond donors (Lipinski definition) is 2. The summed E-state index contributed by atoms with van der Waals surface area (Å²) >= 11 is 1.73. The number of nitrogens with two attached hydrogens (primary N) is 1. The standard InChI is InChI=1S/C11H15N3S/c1-7(12)5-10-8(2)14-11(15-10)9-3-4-13-6-9/h3-4,6-7,13H,5,12H2,1-2H3. The molecule has 2 rings (SSSR count). The fourth-order valence-electron chi connectivity index (χ4n) is 1.49. The smallest absolute Gasteiger partial charge is 0.125 e. The van der Waals surface area contributed by atoms with Gasteiger partial charge >= 0.3 is 0 Å². The first-order valence-corrected chi connectivity index (χ1v) is 5.83. The Kier molecular flexibility index (Phi) is 2.88. The number of nitrogens with one attached hydrogen (secondary N) is 1. The average Bonchev–Trinajstić information content (AvgIpc) is 2.75. The first kappa shape index (κ1) is 10.4. The fraction of sp³-hybridized carbons (Fsp3) is 0.364. The molecule has 0 spiro atoms. The number of aromatic nitrogens is 2. The second-order valence-corrected chi connectivity index (χ2v) is 4.89. The van der Waals surface area contributed by atoms with Crippen molar-refractivity contribution in [2.24, 2.45) is 5.73 Å². The Balaban J connectivity index is 2.29. The van der Waals surface area contributed by atoms with Crippen LogP contribution in [0.25, 0.3) is 10.6 Å². The van der Waals surface area contributed by atoms with Gasteiger partial charge in [-0.3, -0.25) is 0 Å². The summed E-state index contributed by atoms with van der Waals surface area (Å²) < 4.78 is 0. The van der Waals surface area contributed by atoms with Crippen LogP contribution in [0.3, 0.4) is 0 Å². The molecule has 0 fully saturated rings.